The number of imidazole rings is 1. The molecular formula is C21H22N4O4S. The largest absolute Gasteiger partial charge is 0.340 e. The van der Waals surface area contributed by atoms with Crippen LogP contribution in [0.1, 0.15) is 19.4 Å². The second-order valence-electron chi connectivity index (χ2n) is 7.44. The van der Waals surface area contributed by atoms with Crippen molar-refractivity contribution in [1.29, 1.82) is 0 Å². The number of aromatic nitrogens is 2. The Kier molecular flexibility index (Phi) is 4.98. The number of urea groups is 1. The Morgan fingerprint density at radius 3 is 2.57 bits per heavy atom. The highest BCUT2D eigenvalue weighted by atomic mass is 32.2. The summed E-state index contributed by atoms with van der Waals surface area (Å²) in [7, 11) is -4.08. The van der Waals surface area contributed by atoms with Crippen LogP contribution >= 0.6 is 0 Å². The lowest BCUT2D eigenvalue weighted by Gasteiger charge is -2.20. The molecule has 0 saturated carbocycles. The third kappa shape index (κ3) is 3.52. The highest BCUT2D eigenvalue weighted by Gasteiger charge is 2.28. The van der Waals surface area contributed by atoms with Crippen molar-refractivity contribution in [3.05, 3.63) is 70.8 Å². The summed E-state index contributed by atoms with van der Waals surface area (Å²) < 4.78 is 26.9. The van der Waals surface area contributed by atoms with Gasteiger partial charge >= 0.3 is 11.7 Å². The number of hydrogen-bond donors (Lipinski definition) is 2. The fourth-order valence-corrected chi connectivity index (χ4v) is 4.78. The van der Waals surface area contributed by atoms with E-state index in [1.54, 1.807) is 35.2 Å². The number of amides is 2. The first kappa shape index (κ1) is 20.0. The molecule has 9 heteroatoms. The van der Waals surface area contributed by atoms with Crippen molar-refractivity contribution >= 4 is 21.7 Å². The van der Waals surface area contributed by atoms with Crippen LogP contribution in [0.4, 0.5) is 10.5 Å². The van der Waals surface area contributed by atoms with Crippen molar-refractivity contribution < 1.29 is 13.2 Å². The number of aromatic amines is 1. The number of hydrogen-bond acceptors (Lipinski definition) is 4. The molecule has 156 valence electrons. The van der Waals surface area contributed by atoms with Crippen LogP contribution in [-0.2, 0) is 16.4 Å². The molecule has 3 aromatic rings. The SMILES string of the molecule is CC(C)NC(=O)N1CCc2cc(S(=O)(=O)n3cc(-c4ccccc4)[nH]c3=O)ccc21. The molecule has 2 amide bonds. The maximum Gasteiger partial charge on any atom is 0.340 e. The first-order valence-corrected chi connectivity index (χ1v) is 11.0. The average molecular weight is 426 g/mol. The normalized spacial score (nSPS) is 13.5. The van der Waals surface area contributed by atoms with Crippen LogP contribution in [0.15, 0.2) is 64.4 Å². The van der Waals surface area contributed by atoms with Gasteiger partial charge in [0, 0.05) is 18.3 Å². The molecule has 2 heterocycles. The topological polar surface area (TPSA) is 104 Å². The predicted molar refractivity (Wildman–Crippen MR) is 114 cm³/mol. The molecular weight excluding hydrogens is 404 g/mol. The Morgan fingerprint density at radius 1 is 1.13 bits per heavy atom. The lowest BCUT2D eigenvalue weighted by molar-refractivity contribution is 0.244. The maximum absolute atomic E-state index is 13.1. The molecule has 0 fully saturated rings. The third-order valence-electron chi connectivity index (χ3n) is 4.93. The zero-order valence-corrected chi connectivity index (χ0v) is 17.4. The molecule has 8 nitrogen and oxygen atoms in total. The van der Waals surface area contributed by atoms with Gasteiger partial charge in [-0.2, -0.15) is 3.97 Å². The van der Waals surface area contributed by atoms with Crippen molar-refractivity contribution in [3.8, 4) is 11.3 Å². The monoisotopic (exact) mass is 426 g/mol. The minimum atomic E-state index is -4.08. The number of benzene rings is 2. The standard InChI is InChI=1S/C21H22N4O4S/c1-14(2)22-20(26)24-11-10-16-12-17(8-9-19(16)24)30(28,29)25-13-18(23-21(25)27)15-6-4-3-5-7-15/h3-9,12-14H,10-11H2,1-2H3,(H,22,26)(H,23,27). The maximum atomic E-state index is 13.1. The van der Waals surface area contributed by atoms with Gasteiger partial charge in [0.2, 0.25) is 0 Å². The Bertz CT molecular complexity index is 1260. The van der Waals surface area contributed by atoms with Gasteiger partial charge in [0.15, 0.2) is 0 Å². The van der Waals surface area contributed by atoms with Crippen LogP contribution in [0.3, 0.4) is 0 Å². The number of carbonyl (C=O) groups excluding carboxylic acids is 1. The van der Waals surface area contributed by atoms with Crippen LogP contribution in [0, 0.1) is 0 Å². The summed E-state index contributed by atoms with van der Waals surface area (Å²) in [5.74, 6) is 0. The van der Waals surface area contributed by atoms with Gasteiger partial charge in [0.25, 0.3) is 10.0 Å². The number of fused-ring (bicyclic) bond motifs is 1. The van der Waals surface area contributed by atoms with Crippen molar-refractivity contribution in [2.45, 2.75) is 31.2 Å². The lowest BCUT2D eigenvalue weighted by Crippen LogP contribution is -2.42. The van der Waals surface area contributed by atoms with Gasteiger partial charge in [-0.05, 0) is 49.6 Å². The van der Waals surface area contributed by atoms with Crippen LogP contribution in [0.25, 0.3) is 11.3 Å². The summed E-state index contributed by atoms with van der Waals surface area (Å²) in [6.07, 6.45) is 1.84. The van der Waals surface area contributed by atoms with E-state index in [9.17, 15) is 18.0 Å². The van der Waals surface area contributed by atoms with E-state index in [2.05, 4.69) is 10.3 Å². The zero-order valence-electron chi connectivity index (χ0n) is 16.6. The quantitative estimate of drug-likeness (QED) is 0.669. The molecule has 0 radical (unpaired) electrons. The Balaban J connectivity index is 1.68. The molecule has 0 saturated heterocycles. The molecule has 1 aromatic heterocycles. The van der Waals surface area contributed by atoms with Gasteiger partial charge < -0.3 is 10.3 Å². The predicted octanol–water partition coefficient (Wildman–Crippen LogP) is 2.56. The molecule has 0 bridgehead atoms. The lowest BCUT2D eigenvalue weighted by atomic mass is 10.2. The van der Waals surface area contributed by atoms with Crippen molar-refractivity contribution in [2.75, 3.05) is 11.4 Å². The Hall–Kier alpha value is -3.33. The fourth-order valence-electron chi connectivity index (χ4n) is 3.51. The van der Waals surface area contributed by atoms with E-state index in [1.165, 1.54) is 18.3 Å². The number of anilines is 1. The smallest absolute Gasteiger partial charge is 0.336 e. The second kappa shape index (κ2) is 7.49. The van der Waals surface area contributed by atoms with Crippen LogP contribution in [0.5, 0.6) is 0 Å². The zero-order chi connectivity index (χ0) is 21.5. The first-order chi connectivity index (χ1) is 14.3. The van der Waals surface area contributed by atoms with Crippen LogP contribution < -0.4 is 15.9 Å². The minimum absolute atomic E-state index is 0.000442. The molecule has 0 aliphatic carbocycles. The summed E-state index contributed by atoms with van der Waals surface area (Å²) in [4.78, 5) is 28.9. The van der Waals surface area contributed by atoms with Gasteiger partial charge in [-0.1, -0.05) is 30.3 Å². The highest BCUT2D eigenvalue weighted by Crippen LogP contribution is 2.31. The number of carbonyl (C=O) groups is 1. The number of nitrogens with zero attached hydrogens (tertiary/aromatic N) is 2. The van der Waals surface area contributed by atoms with E-state index in [1.807, 2.05) is 19.9 Å². The average Bonchev–Trinajstić information content (AvgIpc) is 3.31. The second-order valence-corrected chi connectivity index (χ2v) is 9.25. The summed E-state index contributed by atoms with van der Waals surface area (Å²) in [5.41, 5.74) is 1.83. The number of H-pyrrole nitrogens is 1. The Morgan fingerprint density at radius 2 is 1.87 bits per heavy atom. The molecule has 0 spiro atoms. The first-order valence-electron chi connectivity index (χ1n) is 9.61. The van der Waals surface area contributed by atoms with Crippen molar-refractivity contribution in [1.82, 2.24) is 14.3 Å². The van der Waals surface area contributed by atoms with Gasteiger partial charge in [0.1, 0.15) is 0 Å². The van der Waals surface area contributed by atoms with Gasteiger partial charge in [-0.3, -0.25) is 4.90 Å². The highest BCUT2D eigenvalue weighted by molar-refractivity contribution is 7.90. The molecule has 30 heavy (non-hydrogen) atoms. The number of nitrogens with one attached hydrogen (secondary N) is 2. The van der Waals surface area contributed by atoms with E-state index in [0.717, 1.165) is 9.54 Å². The van der Waals surface area contributed by atoms with Crippen molar-refractivity contribution in [2.24, 2.45) is 0 Å². The van der Waals surface area contributed by atoms with Crippen molar-refractivity contribution in [3.63, 3.8) is 0 Å². The summed E-state index contributed by atoms with van der Waals surface area (Å²) in [6.45, 7) is 4.23. The minimum Gasteiger partial charge on any atom is -0.336 e. The van der Waals surface area contributed by atoms with Gasteiger partial charge in [-0.25, -0.2) is 18.0 Å². The molecule has 0 atom stereocenters. The van der Waals surface area contributed by atoms with E-state index >= 15 is 0 Å². The summed E-state index contributed by atoms with van der Waals surface area (Å²) in [5, 5.41) is 2.84. The van der Waals surface area contributed by atoms with E-state index < -0.39 is 15.7 Å². The molecule has 4 rings (SSSR count). The third-order valence-corrected chi connectivity index (χ3v) is 6.57. The van der Waals surface area contributed by atoms with E-state index in [-0.39, 0.29) is 17.0 Å². The Labute approximate surface area is 174 Å². The molecule has 0 unspecified atom stereocenters. The van der Waals surface area contributed by atoms with Crippen LogP contribution in [0.2, 0.25) is 0 Å². The van der Waals surface area contributed by atoms with Gasteiger partial charge in [0.05, 0.1) is 16.8 Å². The summed E-state index contributed by atoms with van der Waals surface area (Å²) in [6, 6.07) is 13.4. The van der Waals surface area contributed by atoms with E-state index in [0.29, 0.717) is 29.9 Å². The summed E-state index contributed by atoms with van der Waals surface area (Å²) >= 11 is 0. The molecule has 2 aromatic carbocycles. The fraction of sp³-hybridized carbons (Fsp3) is 0.238. The molecule has 1 aliphatic rings. The van der Waals surface area contributed by atoms with E-state index in [4.69, 9.17) is 0 Å². The molecule has 1 aliphatic heterocycles. The van der Waals surface area contributed by atoms with Crippen LogP contribution in [-0.4, -0.2) is 36.0 Å². The number of rotatable bonds is 4. The molecule has 2 N–H and O–H groups in total. The van der Waals surface area contributed by atoms with Gasteiger partial charge in [-0.15, -0.1) is 0 Å².